The highest BCUT2D eigenvalue weighted by atomic mass is 32.1. The van der Waals surface area contributed by atoms with Crippen LogP contribution in [0.4, 0.5) is 0 Å². The summed E-state index contributed by atoms with van der Waals surface area (Å²) in [5.74, 6) is 0.908. The van der Waals surface area contributed by atoms with E-state index < -0.39 is 5.60 Å². The van der Waals surface area contributed by atoms with E-state index in [9.17, 15) is 4.79 Å². The SMILES string of the molecule is O=C1N(CC2CC2)CCO[C@]12CN(Cc1ccsc1)C[C@H]2c1cccnc1. The van der Waals surface area contributed by atoms with E-state index >= 15 is 0 Å². The van der Waals surface area contributed by atoms with Gasteiger partial charge in [0.15, 0.2) is 5.60 Å². The first kappa shape index (κ1) is 17.3. The quantitative estimate of drug-likeness (QED) is 0.797. The number of likely N-dealkylation sites (tertiary alicyclic amines) is 1. The van der Waals surface area contributed by atoms with Gasteiger partial charge in [-0.15, -0.1) is 0 Å². The number of morpholine rings is 1. The number of amides is 1. The Morgan fingerprint density at radius 1 is 1.33 bits per heavy atom. The van der Waals surface area contributed by atoms with Gasteiger partial charge in [-0.05, 0) is 52.8 Å². The predicted octanol–water partition coefficient (Wildman–Crippen LogP) is 2.75. The van der Waals surface area contributed by atoms with E-state index in [1.807, 2.05) is 12.3 Å². The second-order valence-corrected chi connectivity index (χ2v) is 8.85. The fourth-order valence-electron chi connectivity index (χ4n) is 4.55. The lowest BCUT2D eigenvalue weighted by molar-refractivity contribution is -0.172. The third-order valence-corrected chi connectivity index (χ3v) is 6.81. The highest BCUT2D eigenvalue weighted by Crippen LogP contribution is 2.43. The van der Waals surface area contributed by atoms with Gasteiger partial charge < -0.3 is 9.64 Å². The van der Waals surface area contributed by atoms with Crippen molar-refractivity contribution in [3.05, 3.63) is 52.5 Å². The maximum atomic E-state index is 13.6. The fourth-order valence-corrected chi connectivity index (χ4v) is 5.21. The van der Waals surface area contributed by atoms with Gasteiger partial charge in [-0.3, -0.25) is 14.7 Å². The van der Waals surface area contributed by atoms with Crippen molar-refractivity contribution in [1.29, 1.82) is 0 Å². The Morgan fingerprint density at radius 3 is 3.00 bits per heavy atom. The zero-order valence-electron chi connectivity index (χ0n) is 15.4. The smallest absolute Gasteiger partial charge is 0.256 e. The average Bonchev–Trinajstić information content (AvgIpc) is 3.22. The van der Waals surface area contributed by atoms with Crippen molar-refractivity contribution < 1.29 is 9.53 Å². The molecule has 1 amide bonds. The minimum Gasteiger partial charge on any atom is -0.361 e. The number of aromatic nitrogens is 1. The van der Waals surface area contributed by atoms with Crippen molar-refractivity contribution in [2.75, 3.05) is 32.8 Å². The molecule has 2 atom stereocenters. The lowest BCUT2D eigenvalue weighted by Gasteiger charge is -2.42. The van der Waals surface area contributed by atoms with E-state index in [4.69, 9.17) is 4.74 Å². The minimum absolute atomic E-state index is 0.0272. The third-order valence-electron chi connectivity index (χ3n) is 6.08. The molecular formula is C21H25N3O2S. The first-order valence-electron chi connectivity index (χ1n) is 9.81. The zero-order chi connectivity index (χ0) is 18.3. The van der Waals surface area contributed by atoms with Gasteiger partial charge in [0.05, 0.1) is 6.61 Å². The summed E-state index contributed by atoms with van der Waals surface area (Å²) in [6.45, 7) is 4.59. The summed E-state index contributed by atoms with van der Waals surface area (Å²) < 4.78 is 6.33. The maximum absolute atomic E-state index is 13.6. The van der Waals surface area contributed by atoms with Crippen molar-refractivity contribution in [1.82, 2.24) is 14.8 Å². The van der Waals surface area contributed by atoms with Crippen molar-refractivity contribution in [2.45, 2.75) is 30.9 Å². The van der Waals surface area contributed by atoms with E-state index in [1.165, 1.54) is 18.4 Å². The molecule has 1 aliphatic carbocycles. The molecular weight excluding hydrogens is 358 g/mol. The molecule has 0 N–H and O–H groups in total. The zero-order valence-corrected chi connectivity index (χ0v) is 16.2. The molecule has 0 aromatic carbocycles. The van der Waals surface area contributed by atoms with Crippen molar-refractivity contribution in [3.8, 4) is 0 Å². The summed E-state index contributed by atoms with van der Waals surface area (Å²) in [5, 5.41) is 4.30. The maximum Gasteiger partial charge on any atom is 0.256 e. The van der Waals surface area contributed by atoms with Gasteiger partial charge in [0, 0.05) is 51.0 Å². The Balaban J connectivity index is 1.45. The van der Waals surface area contributed by atoms with Crippen molar-refractivity contribution in [3.63, 3.8) is 0 Å². The van der Waals surface area contributed by atoms with Gasteiger partial charge in [-0.1, -0.05) is 6.07 Å². The lowest BCUT2D eigenvalue weighted by Crippen LogP contribution is -2.60. The number of carbonyl (C=O) groups is 1. The molecule has 2 aromatic rings. The number of hydrogen-bond donors (Lipinski definition) is 0. The molecule has 2 aliphatic heterocycles. The number of hydrogen-bond acceptors (Lipinski definition) is 5. The van der Waals surface area contributed by atoms with Crippen LogP contribution in [0, 0.1) is 5.92 Å². The topological polar surface area (TPSA) is 45.7 Å². The molecule has 27 heavy (non-hydrogen) atoms. The Morgan fingerprint density at radius 2 is 2.26 bits per heavy atom. The van der Waals surface area contributed by atoms with Crippen LogP contribution in [0.15, 0.2) is 41.4 Å². The van der Waals surface area contributed by atoms with Gasteiger partial charge >= 0.3 is 0 Å². The Kier molecular flexibility index (Phi) is 4.50. The molecule has 5 rings (SSSR count). The predicted molar refractivity (Wildman–Crippen MR) is 105 cm³/mol. The summed E-state index contributed by atoms with van der Waals surface area (Å²) >= 11 is 1.72. The molecule has 3 fully saturated rings. The van der Waals surface area contributed by atoms with Crippen molar-refractivity contribution >= 4 is 17.2 Å². The molecule has 2 aromatic heterocycles. The van der Waals surface area contributed by atoms with Gasteiger partial charge in [0.1, 0.15) is 0 Å². The van der Waals surface area contributed by atoms with Gasteiger partial charge in [-0.2, -0.15) is 11.3 Å². The highest BCUT2D eigenvalue weighted by molar-refractivity contribution is 7.07. The average molecular weight is 384 g/mol. The molecule has 0 unspecified atom stereocenters. The number of carbonyl (C=O) groups excluding carboxylic acids is 1. The van der Waals surface area contributed by atoms with Crippen LogP contribution in [0.1, 0.15) is 29.9 Å². The molecule has 4 heterocycles. The molecule has 142 valence electrons. The first-order valence-corrected chi connectivity index (χ1v) is 10.8. The van der Waals surface area contributed by atoms with Crippen LogP contribution < -0.4 is 0 Å². The monoisotopic (exact) mass is 383 g/mol. The number of rotatable bonds is 5. The van der Waals surface area contributed by atoms with Crippen LogP contribution in [0.3, 0.4) is 0 Å². The van der Waals surface area contributed by atoms with Crippen LogP contribution in [-0.4, -0.2) is 59.1 Å². The number of nitrogens with zero attached hydrogens (tertiary/aromatic N) is 3. The summed E-state index contributed by atoms with van der Waals surface area (Å²) in [6, 6.07) is 6.21. The van der Waals surface area contributed by atoms with Gasteiger partial charge in [0.25, 0.3) is 5.91 Å². The van der Waals surface area contributed by atoms with Crippen LogP contribution in [0.2, 0.25) is 0 Å². The van der Waals surface area contributed by atoms with Crippen LogP contribution in [0.25, 0.3) is 0 Å². The van der Waals surface area contributed by atoms with E-state index in [-0.39, 0.29) is 11.8 Å². The molecule has 1 spiro atoms. The normalized spacial score (nSPS) is 29.0. The van der Waals surface area contributed by atoms with Crippen molar-refractivity contribution in [2.24, 2.45) is 5.92 Å². The van der Waals surface area contributed by atoms with E-state index in [0.717, 1.165) is 31.7 Å². The largest absolute Gasteiger partial charge is 0.361 e. The van der Waals surface area contributed by atoms with Gasteiger partial charge in [-0.25, -0.2) is 0 Å². The first-order chi connectivity index (χ1) is 13.2. The summed E-state index contributed by atoms with van der Waals surface area (Å²) in [4.78, 5) is 22.4. The summed E-state index contributed by atoms with van der Waals surface area (Å²) in [5.41, 5.74) is 1.64. The molecule has 3 aliphatic rings. The van der Waals surface area contributed by atoms with Crippen LogP contribution in [-0.2, 0) is 16.1 Å². The number of thiophene rings is 1. The Bertz CT molecular complexity index is 793. The standard InChI is InChI=1S/C21H25N3O2S/c25-20-21(26-8-7-24(20)12-16-3-4-16)15-23(11-17-5-9-27-14-17)13-19(21)18-2-1-6-22-10-18/h1-2,5-6,9-10,14,16,19H,3-4,7-8,11-13,15H2/t19-,21-/m0/s1. The fraction of sp³-hybridized carbons (Fsp3) is 0.524. The lowest BCUT2D eigenvalue weighted by atomic mass is 9.83. The number of ether oxygens (including phenoxy) is 1. The molecule has 6 heteroatoms. The van der Waals surface area contributed by atoms with E-state index in [0.29, 0.717) is 19.1 Å². The van der Waals surface area contributed by atoms with E-state index in [1.54, 1.807) is 17.5 Å². The Hall–Kier alpha value is -1.76. The second-order valence-electron chi connectivity index (χ2n) is 8.07. The second kappa shape index (κ2) is 7.00. The number of pyridine rings is 1. The highest BCUT2D eigenvalue weighted by Gasteiger charge is 2.57. The molecule has 0 radical (unpaired) electrons. The summed E-state index contributed by atoms with van der Waals surface area (Å²) in [6.07, 6.45) is 6.20. The third kappa shape index (κ3) is 3.30. The molecule has 2 saturated heterocycles. The Labute approximate surface area is 164 Å². The minimum atomic E-state index is -0.772. The van der Waals surface area contributed by atoms with E-state index in [2.05, 4.69) is 37.7 Å². The molecule has 0 bridgehead atoms. The van der Waals surface area contributed by atoms with Gasteiger partial charge in [0.2, 0.25) is 0 Å². The van der Waals surface area contributed by atoms with Crippen LogP contribution >= 0.6 is 11.3 Å². The van der Waals surface area contributed by atoms with Crippen LogP contribution in [0.5, 0.6) is 0 Å². The molecule has 5 nitrogen and oxygen atoms in total. The summed E-state index contributed by atoms with van der Waals surface area (Å²) in [7, 11) is 0. The molecule has 1 saturated carbocycles.